The second kappa shape index (κ2) is 6.78. The predicted octanol–water partition coefficient (Wildman–Crippen LogP) is 1.84. The van der Waals surface area contributed by atoms with Crippen molar-refractivity contribution in [1.29, 1.82) is 0 Å². The maximum atomic E-state index is 11.9. The molecule has 21 heavy (non-hydrogen) atoms. The van der Waals surface area contributed by atoms with E-state index in [9.17, 15) is 9.59 Å². The lowest BCUT2D eigenvalue weighted by Crippen LogP contribution is -2.25. The number of hydrogen-bond acceptors (Lipinski definition) is 3. The number of aryl methyl sites for hydroxylation is 1. The third kappa shape index (κ3) is 3.75. The van der Waals surface area contributed by atoms with Crippen LogP contribution in [0.2, 0.25) is 0 Å². The van der Waals surface area contributed by atoms with Crippen LogP contribution in [0.4, 0.5) is 0 Å². The molecule has 1 heterocycles. The largest absolute Gasteiger partial charge is 0.492 e. The van der Waals surface area contributed by atoms with E-state index in [1.807, 2.05) is 6.92 Å². The first-order chi connectivity index (χ1) is 10.1. The summed E-state index contributed by atoms with van der Waals surface area (Å²) < 4.78 is 8.77. The van der Waals surface area contributed by atoms with Crippen molar-refractivity contribution in [2.45, 2.75) is 26.4 Å². The summed E-state index contributed by atoms with van der Waals surface area (Å²) in [5.41, 5.74) is 0.178. The molecule has 0 saturated carbocycles. The molecule has 0 amide bonds. The van der Waals surface area contributed by atoms with Crippen molar-refractivity contribution in [3.05, 3.63) is 52.7 Å². The average Bonchev–Trinajstić information content (AvgIpc) is 2.81. The molecule has 112 valence electrons. The molecule has 0 spiro atoms. The van der Waals surface area contributed by atoms with Crippen molar-refractivity contribution in [2.24, 2.45) is 0 Å². The van der Waals surface area contributed by atoms with Crippen molar-refractivity contribution in [3.63, 3.8) is 0 Å². The van der Waals surface area contributed by atoms with Crippen LogP contribution in [0.5, 0.6) is 5.75 Å². The Bertz CT molecular complexity index is 655. The first-order valence-electron chi connectivity index (χ1n) is 6.83. The number of nitrogens with zero attached hydrogens (tertiary/aromatic N) is 2. The third-order valence-corrected chi connectivity index (χ3v) is 3.08. The van der Waals surface area contributed by atoms with Crippen LogP contribution >= 0.6 is 0 Å². The Hall–Kier alpha value is -2.50. The maximum Gasteiger partial charge on any atom is 0.335 e. The van der Waals surface area contributed by atoms with Gasteiger partial charge in [-0.1, -0.05) is 6.92 Å². The molecule has 0 aliphatic carbocycles. The Balaban J connectivity index is 1.89. The highest BCUT2D eigenvalue weighted by atomic mass is 16.5. The zero-order valence-electron chi connectivity index (χ0n) is 11.9. The van der Waals surface area contributed by atoms with Gasteiger partial charge < -0.3 is 9.84 Å². The van der Waals surface area contributed by atoms with Crippen LogP contribution in [0.15, 0.2) is 41.5 Å². The van der Waals surface area contributed by atoms with Crippen molar-refractivity contribution < 1.29 is 14.6 Å². The summed E-state index contributed by atoms with van der Waals surface area (Å²) in [6, 6.07) is 6.19. The van der Waals surface area contributed by atoms with Crippen LogP contribution in [0, 0.1) is 0 Å². The number of imidazole rings is 1. The van der Waals surface area contributed by atoms with Gasteiger partial charge in [-0.05, 0) is 30.7 Å². The standard InChI is InChI=1S/C15H18N2O4/c1-2-7-16-8-9-17(15(16)20)10-11-21-13-5-3-12(4-6-13)14(18)19/h3-6,8-9H,2,7,10-11H2,1H3,(H,18,19). The third-order valence-electron chi connectivity index (χ3n) is 3.08. The first-order valence-corrected chi connectivity index (χ1v) is 6.83. The van der Waals surface area contributed by atoms with Gasteiger partial charge in [0.2, 0.25) is 0 Å². The summed E-state index contributed by atoms with van der Waals surface area (Å²) in [5, 5.41) is 8.80. The Kier molecular flexibility index (Phi) is 4.81. The van der Waals surface area contributed by atoms with Crippen LogP contribution in [0.1, 0.15) is 23.7 Å². The van der Waals surface area contributed by atoms with Gasteiger partial charge in [-0.25, -0.2) is 9.59 Å². The van der Waals surface area contributed by atoms with Gasteiger partial charge in [0, 0.05) is 18.9 Å². The minimum Gasteiger partial charge on any atom is -0.492 e. The number of aromatic carboxylic acids is 1. The Morgan fingerprint density at radius 2 is 1.76 bits per heavy atom. The normalized spacial score (nSPS) is 10.5. The molecular weight excluding hydrogens is 272 g/mol. The molecule has 2 aromatic rings. The van der Waals surface area contributed by atoms with Gasteiger partial charge >= 0.3 is 11.7 Å². The van der Waals surface area contributed by atoms with Gasteiger partial charge in [0.1, 0.15) is 12.4 Å². The SMILES string of the molecule is CCCn1ccn(CCOc2ccc(C(=O)O)cc2)c1=O. The number of carboxylic acids is 1. The van der Waals surface area contributed by atoms with Crippen molar-refractivity contribution in [3.8, 4) is 5.75 Å². The van der Waals surface area contributed by atoms with E-state index < -0.39 is 5.97 Å². The van der Waals surface area contributed by atoms with Crippen molar-refractivity contribution >= 4 is 5.97 Å². The molecule has 0 fully saturated rings. The van der Waals surface area contributed by atoms with Gasteiger partial charge in [-0.2, -0.15) is 0 Å². The molecular formula is C15H18N2O4. The Morgan fingerprint density at radius 3 is 2.33 bits per heavy atom. The number of ether oxygens (including phenoxy) is 1. The van der Waals surface area contributed by atoms with Crippen LogP contribution in [0.25, 0.3) is 0 Å². The van der Waals surface area contributed by atoms with E-state index in [1.165, 1.54) is 12.1 Å². The average molecular weight is 290 g/mol. The summed E-state index contributed by atoms with van der Waals surface area (Å²) >= 11 is 0. The quantitative estimate of drug-likeness (QED) is 0.844. The minimum atomic E-state index is -0.967. The molecule has 2 rings (SSSR count). The fraction of sp³-hybridized carbons (Fsp3) is 0.333. The van der Waals surface area contributed by atoms with Crippen molar-refractivity contribution in [1.82, 2.24) is 9.13 Å². The van der Waals surface area contributed by atoms with Crippen LogP contribution in [-0.2, 0) is 13.1 Å². The summed E-state index contributed by atoms with van der Waals surface area (Å²) in [6.07, 6.45) is 4.43. The molecule has 0 unspecified atom stereocenters. The number of hydrogen-bond donors (Lipinski definition) is 1. The molecule has 0 aliphatic heterocycles. The molecule has 0 atom stereocenters. The molecule has 6 nitrogen and oxygen atoms in total. The molecule has 0 radical (unpaired) electrons. The molecule has 0 saturated heterocycles. The molecule has 1 aromatic carbocycles. The molecule has 6 heteroatoms. The first kappa shape index (κ1) is 14.9. The van der Waals surface area contributed by atoms with Gasteiger partial charge in [-0.3, -0.25) is 9.13 Å². The zero-order chi connectivity index (χ0) is 15.2. The maximum absolute atomic E-state index is 11.9. The lowest BCUT2D eigenvalue weighted by atomic mass is 10.2. The smallest absolute Gasteiger partial charge is 0.335 e. The number of carbonyl (C=O) groups is 1. The Labute approximate surface area is 122 Å². The minimum absolute atomic E-state index is 0.0401. The van der Waals surface area contributed by atoms with Gasteiger partial charge in [0.05, 0.1) is 12.1 Å². The highest BCUT2D eigenvalue weighted by Crippen LogP contribution is 2.12. The molecule has 1 aromatic heterocycles. The van der Waals surface area contributed by atoms with E-state index in [4.69, 9.17) is 9.84 Å². The van der Waals surface area contributed by atoms with Crippen LogP contribution < -0.4 is 10.4 Å². The van der Waals surface area contributed by atoms with E-state index in [-0.39, 0.29) is 11.3 Å². The molecule has 1 N–H and O–H groups in total. The lowest BCUT2D eigenvalue weighted by molar-refractivity contribution is 0.0697. The highest BCUT2D eigenvalue weighted by molar-refractivity contribution is 5.87. The predicted molar refractivity (Wildman–Crippen MR) is 77.9 cm³/mol. The topological polar surface area (TPSA) is 73.5 Å². The lowest BCUT2D eigenvalue weighted by Gasteiger charge is -2.06. The fourth-order valence-electron chi connectivity index (χ4n) is 1.99. The van der Waals surface area contributed by atoms with E-state index in [0.717, 1.165) is 6.42 Å². The summed E-state index contributed by atoms with van der Waals surface area (Å²) in [7, 11) is 0. The summed E-state index contributed by atoms with van der Waals surface area (Å²) in [6.45, 7) is 3.54. The monoisotopic (exact) mass is 290 g/mol. The second-order valence-corrected chi connectivity index (χ2v) is 4.65. The fourth-order valence-corrected chi connectivity index (χ4v) is 1.99. The zero-order valence-corrected chi connectivity index (χ0v) is 11.9. The van der Waals surface area contributed by atoms with E-state index >= 15 is 0 Å². The number of carboxylic acid groups (broad SMARTS) is 1. The number of rotatable bonds is 7. The molecule has 0 bridgehead atoms. The van der Waals surface area contributed by atoms with Gasteiger partial charge in [0.15, 0.2) is 0 Å². The van der Waals surface area contributed by atoms with E-state index in [0.29, 0.717) is 25.4 Å². The summed E-state index contributed by atoms with van der Waals surface area (Å²) in [4.78, 5) is 22.6. The molecule has 0 aliphatic rings. The summed E-state index contributed by atoms with van der Waals surface area (Å²) in [5.74, 6) is -0.383. The highest BCUT2D eigenvalue weighted by Gasteiger charge is 2.04. The van der Waals surface area contributed by atoms with Crippen molar-refractivity contribution in [2.75, 3.05) is 6.61 Å². The second-order valence-electron chi connectivity index (χ2n) is 4.65. The van der Waals surface area contributed by atoms with Gasteiger partial charge in [0.25, 0.3) is 0 Å². The van der Waals surface area contributed by atoms with Crippen LogP contribution in [-0.4, -0.2) is 26.8 Å². The van der Waals surface area contributed by atoms with Crippen LogP contribution in [0.3, 0.4) is 0 Å². The van der Waals surface area contributed by atoms with Gasteiger partial charge in [-0.15, -0.1) is 0 Å². The number of benzene rings is 1. The van der Waals surface area contributed by atoms with E-state index in [2.05, 4.69) is 0 Å². The van der Waals surface area contributed by atoms with E-state index in [1.54, 1.807) is 33.7 Å². The number of aromatic nitrogens is 2. The Morgan fingerprint density at radius 1 is 1.14 bits per heavy atom.